The zero-order chi connectivity index (χ0) is 16.4. The summed E-state index contributed by atoms with van der Waals surface area (Å²) >= 11 is 7.64. The molecule has 0 saturated heterocycles. The van der Waals surface area contributed by atoms with Crippen LogP contribution in [-0.4, -0.2) is 17.0 Å². The molecule has 0 radical (unpaired) electrons. The second-order valence-corrected chi connectivity index (χ2v) is 6.30. The zero-order valence-corrected chi connectivity index (χ0v) is 13.4. The number of aliphatic carboxylic acids is 1. The molecule has 1 amide bonds. The van der Waals surface area contributed by atoms with Crippen molar-refractivity contribution in [2.24, 2.45) is 0 Å². The van der Waals surface area contributed by atoms with Crippen LogP contribution in [0.15, 0.2) is 47.8 Å². The number of thiophene rings is 1. The van der Waals surface area contributed by atoms with Gasteiger partial charge in [0, 0.05) is 15.5 Å². The van der Waals surface area contributed by atoms with E-state index < -0.39 is 5.97 Å². The van der Waals surface area contributed by atoms with Gasteiger partial charge >= 0.3 is 5.97 Å². The van der Waals surface area contributed by atoms with E-state index in [1.165, 1.54) is 11.3 Å². The van der Waals surface area contributed by atoms with Gasteiger partial charge < -0.3 is 10.4 Å². The first kappa shape index (κ1) is 15.5. The molecule has 2 aromatic carbocycles. The molecule has 0 fully saturated rings. The second kappa shape index (κ2) is 6.40. The summed E-state index contributed by atoms with van der Waals surface area (Å²) in [6.07, 6.45) is -0.108. The first-order valence-electron chi connectivity index (χ1n) is 6.82. The fourth-order valence-corrected chi connectivity index (χ4v) is 3.48. The van der Waals surface area contributed by atoms with Gasteiger partial charge in [0.25, 0.3) is 5.91 Å². The van der Waals surface area contributed by atoms with E-state index in [0.717, 1.165) is 10.1 Å². The Balaban J connectivity index is 1.84. The smallest absolute Gasteiger partial charge is 0.307 e. The molecule has 4 nitrogen and oxygen atoms in total. The number of carbonyl (C=O) groups excluding carboxylic acids is 1. The van der Waals surface area contributed by atoms with Crippen LogP contribution < -0.4 is 5.32 Å². The number of carboxylic acid groups (broad SMARTS) is 1. The lowest BCUT2D eigenvalue weighted by Gasteiger charge is -2.08. The lowest BCUT2D eigenvalue weighted by atomic mass is 10.1. The Morgan fingerprint density at radius 2 is 1.96 bits per heavy atom. The van der Waals surface area contributed by atoms with Crippen molar-refractivity contribution >= 4 is 50.6 Å². The maximum atomic E-state index is 12.4. The largest absolute Gasteiger partial charge is 0.481 e. The highest BCUT2D eigenvalue weighted by atomic mass is 35.5. The highest BCUT2D eigenvalue weighted by molar-refractivity contribution is 7.17. The molecule has 116 valence electrons. The van der Waals surface area contributed by atoms with E-state index in [1.54, 1.807) is 18.2 Å². The van der Waals surface area contributed by atoms with Crippen molar-refractivity contribution in [3.05, 3.63) is 64.0 Å². The fraction of sp³-hybridized carbons (Fsp3) is 0.0588. The van der Waals surface area contributed by atoms with E-state index in [-0.39, 0.29) is 12.3 Å². The molecule has 0 saturated carbocycles. The highest BCUT2D eigenvalue weighted by Gasteiger charge is 2.14. The van der Waals surface area contributed by atoms with Crippen LogP contribution in [-0.2, 0) is 11.2 Å². The third-order valence-corrected chi connectivity index (χ3v) is 4.64. The normalized spacial score (nSPS) is 10.7. The van der Waals surface area contributed by atoms with Gasteiger partial charge in [-0.15, -0.1) is 11.3 Å². The minimum atomic E-state index is -0.928. The Labute approximate surface area is 141 Å². The van der Waals surface area contributed by atoms with Crippen LogP contribution in [0.1, 0.15) is 15.9 Å². The summed E-state index contributed by atoms with van der Waals surface area (Å²) in [6, 6.07) is 12.5. The van der Waals surface area contributed by atoms with Crippen molar-refractivity contribution in [1.82, 2.24) is 0 Å². The van der Waals surface area contributed by atoms with E-state index in [0.29, 0.717) is 21.8 Å². The maximum absolute atomic E-state index is 12.4. The van der Waals surface area contributed by atoms with Crippen LogP contribution in [0.25, 0.3) is 10.1 Å². The van der Waals surface area contributed by atoms with E-state index in [4.69, 9.17) is 16.7 Å². The molecule has 6 heteroatoms. The number of hydrogen-bond acceptors (Lipinski definition) is 3. The number of carboxylic acids is 1. The number of fused-ring (bicyclic) bond motifs is 1. The summed E-state index contributed by atoms with van der Waals surface area (Å²) in [5.41, 5.74) is 1.64. The third kappa shape index (κ3) is 3.36. The Kier molecular flexibility index (Phi) is 4.32. The van der Waals surface area contributed by atoms with E-state index in [1.807, 2.05) is 29.6 Å². The average Bonchev–Trinajstić information content (AvgIpc) is 2.93. The van der Waals surface area contributed by atoms with Crippen LogP contribution in [0.3, 0.4) is 0 Å². The number of halogens is 1. The molecule has 0 aliphatic heterocycles. The van der Waals surface area contributed by atoms with Gasteiger partial charge in [-0.2, -0.15) is 0 Å². The Morgan fingerprint density at radius 3 is 2.70 bits per heavy atom. The SMILES string of the molecule is O=C(O)Cc1ccc(NC(=O)c2csc3ccccc23)c(Cl)c1. The number of hydrogen-bond donors (Lipinski definition) is 2. The number of amides is 1. The number of anilines is 1. The maximum Gasteiger partial charge on any atom is 0.307 e. The van der Waals surface area contributed by atoms with Crippen LogP contribution in [0.4, 0.5) is 5.69 Å². The molecule has 2 N–H and O–H groups in total. The Hall–Kier alpha value is -2.37. The van der Waals surface area contributed by atoms with Gasteiger partial charge in [0.15, 0.2) is 0 Å². The molecule has 3 aromatic rings. The second-order valence-electron chi connectivity index (χ2n) is 4.98. The van der Waals surface area contributed by atoms with Gasteiger partial charge in [0.05, 0.1) is 22.7 Å². The number of rotatable bonds is 4. The molecule has 0 atom stereocenters. The van der Waals surface area contributed by atoms with Crippen LogP contribution in [0, 0.1) is 0 Å². The first-order chi connectivity index (χ1) is 11.0. The van der Waals surface area contributed by atoms with E-state index in [2.05, 4.69) is 5.32 Å². The standard InChI is InChI=1S/C17H12ClNO3S/c18-13-7-10(8-16(20)21)5-6-14(13)19-17(22)12-9-23-15-4-2-1-3-11(12)15/h1-7,9H,8H2,(H,19,22)(H,20,21). The lowest BCUT2D eigenvalue weighted by Crippen LogP contribution is -2.12. The van der Waals surface area contributed by atoms with Crippen molar-refractivity contribution in [2.75, 3.05) is 5.32 Å². The zero-order valence-electron chi connectivity index (χ0n) is 11.9. The molecule has 0 bridgehead atoms. The van der Waals surface area contributed by atoms with Gasteiger partial charge in [-0.25, -0.2) is 0 Å². The minimum absolute atomic E-state index is 0.108. The summed E-state index contributed by atoms with van der Waals surface area (Å²) in [6.45, 7) is 0. The van der Waals surface area contributed by atoms with Gasteiger partial charge in [0.2, 0.25) is 0 Å². The van der Waals surface area contributed by atoms with Crippen molar-refractivity contribution in [1.29, 1.82) is 0 Å². The van der Waals surface area contributed by atoms with E-state index in [9.17, 15) is 9.59 Å². The number of nitrogens with one attached hydrogen (secondary N) is 1. The Bertz CT molecular complexity index is 904. The molecule has 0 unspecified atom stereocenters. The minimum Gasteiger partial charge on any atom is -0.481 e. The van der Waals surface area contributed by atoms with Gasteiger partial charge in [-0.3, -0.25) is 9.59 Å². The molecule has 1 aromatic heterocycles. The predicted octanol–water partition coefficient (Wildman–Crippen LogP) is 4.43. The van der Waals surface area contributed by atoms with Crippen molar-refractivity contribution in [2.45, 2.75) is 6.42 Å². The van der Waals surface area contributed by atoms with Crippen LogP contribution in [0.2, 0.25) is 5.02 Å². The fourth-order valence-electron chi connectivity index (χ4n) is 2.29. The first-order valence-corrected chi connectivity index (χ1v) is 8.08. The van der Waals surface area contributed by atoms with Gasteiger partial charge in [-0.1, -0.05) is 35.9 Å². The van der Waals surface area contributed by atoms with Crippen molar-refractivity contribution < 1.29 is 14.7 Å². The van der Waals surface area contributed by atoms with Crippen LogP contribution >= 0.6 is 22.9 Å². The summed E-state index contributed by atoms with van der Waals surface area (Å²) in [4.78, 5) is 23.2. The molecular weight excluding hydrogens is 334 g/mol. The molecule has 3 rings (SSSR count). The summed E-state index contributed by atoms with van der Waals surface area (Å²) < 4.78 is 1.04. The summed E-state index contributed by atoms with van der Waals surface area (Å²) in [5.74, 6) is -1.17. The lowest BCUT2D eigenvalue weighted by molar-refractivity contribution is -0.136. The van der Waals surface area contributed by atoms with Gasteiger partial charge in [-0.05, 0) is 23.8 Å². The monoisotopic (exact) mass is 345 g/mol. The quantitative estimate of drug-likeness (QED) is 0.734. The molecule has 0 spiro atoms. The average molecular weight is 346 g/mol. The molecule has 0 aliphatic rings. The van der Waals surface area contributed by atoms with E-state index >= 15 is 0 Å². The molecule has 0 aliphatic carbocycles. The van der Waals surface area contributed by atoms with Crippen molar-refractivity contribution in [3.63, 3.8) is 0 Å². The third-order valence-electron chi connectivity index (χ3n) is 3.36. The number of benzene rings is 2. The molecule has 23 heavy (non-hydrogen) atoms. The predicted molar refractivity (Wildman–Crippen MR) is 92.6 cm³/mol. The highest BCUT2D eigenvalue weighted by Crippen LogP contribution is 2.28. The number of carbonyl (C=O) groups is 2. The Morgan fingerprint density at radius 1 is 1.17 bits per heavy atom. The molecular formula is C17H12ClNO3S. The topological polar surface area (TPSA) is 66.4 Å². The van der Waals surface area contributed by atoms with Crippen molar-refractivity contribution in [3.8, 4) is 0 Å². The van der Waals surface area contributed by atoms with Crippen LogP contribution in [0.5, 0.6) is 0 Å². The summed E-state index contributed by atoms with van der Waals surface area (Å²) in [7, 11) is 0. The molecule has 1 heterocycles. The van der Waals surface area contributed by atoms with Gasteiger partial charge in [0.1, 0.15) is 0 Å². The summed E-state index contributed by atoms with van der Waals surface area (Å²) in [5, 5.41) is 14.6.